The van der Waals surface area contributed by atoms with Gasteiger partial charge in [0.05, 0.1) is 17.1 Å². The molecule has 0 bridgehead atoms. The molecular formula is C25H18N2O3S2. The predicted octanol–water partition coefficient (Wildman–Crippen LogP) is 4.77. The van der Waals surface area contributed by atoms with Crippen LogP contribution in [-0.2, 0) is 16.1 Å². The van der Waals surface area contributed by atoms with Crippen molar-refractivity contribution < 1.29 is 14.3 Å². The normalized spacial score (nSPS) is 16.7. The van der Waals surface area contributed by atoms with Crippen LogP contribution in [0.1, 0.15) is 11.1 Å². The molecule has 0 aromatic heterocycles. The van der Waals surface area contributed by atoms with E-state index in [-0.39, 0.29) is 18.4 Å². The van der Waals surface area contributed by atoms with Gasteiger partial charge in [-0.3, -0.25) is 9.59 Å². The maximum atomic E-state index is 12.7. The zero-order chi connectivity index (χ0) is 22.1. The molecule has 2 aliphatic rings. The molecular weight excluding hydrogens is 440 g/mol. The van der Waals surface area contributed by atoms with Crippen LogP contribution in [0.3, 0.4) is 0 Å². The summed E-state index contributed by atoms with van der Waals surface area (Å²) >= 11 is 6.28. The van der Waals surface area contributed by atoms with E-state index in [4.69, 9.17) is 17.0 Å². The van der Waals surface area contributed by atoms with Crippen molar-refractivity contribution in [3.63, 3.8) is 0 Å². The summed E-state index contributed by atoms with van der Waals surface area (Å²) in [6.45, 7) is 0.436. The van der Waals surface area contributed by atoms with E-state index < -0.39 is 0 Å². The van der Waals surface area contributed by atoms with E-state index in [9.17, 15) is 9.59 Å². The zero-order valence-corrected chi connectivity index (χ0v) is 18.5. The van der Waals surface area contributed by atoms with Crippen molar-refractivity contribution >= 4 is 51.9 Å². The molecule has 0 aliphatic carbocycles. The highest BCUT2D eigenvalue weighted by Crippen LogP contribution is 2.36. The monoisotopic (exact) mass is 458 g/mol. The Hall–Kier alpha value is -3.42. The maximum absolute atomic E-state index is 12.7. The van der Waals surface area contributed by atoms with Crippen LogP contribution in [-0.4, -0.2) is 22.7 Å². The van der Waals surface area contributed by atoms with Gasteiger partial charge >= 0.3 is 0 Å². The third-order valence-corrected chi connectivity index (χ3v) is 6.43. The number of ether oxygens (including phenoxy) is 1. The molecule has 0 spiro atoms. The van der Waals surface area contributed by atoms with Gasteiger partial charge in [-0.2, -0.15) is 0 Å². The quantitative estimate of drug-likeness (QED) is 0.451. The van der Waals surface area contributed by atoms with E-state index in [1.807, 2.05) is 48.5 Å². The molecule has 7 heteroatoms. The van der Waals surface area contributed by atoms with E-state index in [1.54, 1.807) is 11.0 Å². The average molecular weight is 459 g/mol. The van der Waals surface area contributed by atoms with E-state index in [0.29, 0.717) is 27.2 Å². The summed E-state index contributed by atoms with van der Waals surface area (Å²) in [5, 5.41) is 2.61. The lowest BCUT2D eigenvalue weighted by molar-refractivity contribution is -0.121. The molecule has 0 unspecified atom stereocenters. The van der Waals surface area contributed by atoms with Gasteiger partial charge in [-0.1, -0.05) is 84.6 Å². The minimum absolute atomic E-state index is 0.00205. The van der Waals surface area contributed by atoms with Gasteiger partial charge in [0.15, 0.2) is 6.61 Å². The Morgan fingerprint density at radius 2 is 1.75 bits per heavy atom. The molecule has 2 aliphatic heterocycles. The van der Waals surface area contributed by atoms with Gasteiger partial charge < -0.3 is 15.0 Å². The van der Waals surface area contributed by atoms with Crippen LogP contribution in [0.25, 0.3) is 17.2 Å². The first-order valence-corrected chi connectivity index (χ1v) is 11.3. The Kier molecular flexibility index (Phi) is 5.51. The Labute approximate surface area is 195 Å². The third kappa shape index (κ3) is 4.17. The fraction of sp³-hybridized carbons (Fsp3) is 0.0800. The summed E-state index contributed by atoms with van der Waals surface area (Å²) in [6.07, 6.45) is 1.77. The van der Waals surface area contributed by atoms with Crippen LogP contribution >= 0.6 is 24.0 Å². The molecule has 0 atom stereocenters. The Morgan fingerprint density at radius 3 is 2.47 bits per heavy atom. The van der Waals surface area contributed by atoms with Gasteiger partial charge in [0, 0.05) is 0 Å². The number of thioether (sulfide) groups is 1. The van der Waals surface area contributed by atoms with Gasteiger partial charge in [0.1, 0.15) is 10.1 Å². The minimum atomic E-state index is -0.208. The number of nitrogens with one attached hydrogen (secondary N) is 1. The number of thiocarbonyl (C=S) groups is 1. The number of anilines is 1. The molecule has 1 fully saturated rings. The molecule has 0 saturated carbocycles. The lowest BCUT2D eigenvalue weighted by atomic mass is 10.0. The predicted molar refractivity (Wildman–Crippen MR) is 131 cm³/mol. The molecule has 158 valence electrons. The van der Waals surface area contributed by atoms with Crippen molar-refractivity contribution in [2.24, 2.45) is 0 Å². The molecule has 5 nitrogen and oxygen atoms in total. The van der Waals surface area contributed by atoms with E-state index in [0.717, 1.165) is 22.3 Å². The van der Waals surface area contributed by atoms with Gasteiger partial charge in [0.2, 0.25) is 0 Å². The summed E-state index contributed by atoms with van der Waals surface area (Å²) < 4.78 is 6.07. The molecule has 2 heterocycles. The number of fused-ring (bicyclic) bond motifs is 1. The fourth-order valence-corrected chi connectivity index (χ4v) is 4.71. The lowest BCUT2D eigenvalue weighted by Crippen LogP contribution is -2.38. The van der Waals surface area contributed by atoms with Crippen molar-refractivity contribution in [1.29, 1.82) is 0 Å². The topological polar surface area (TPSA) is 58.6 Å². The largest absolute Gasteiger partial charge is 0.482 e. The van der Waals surface area contributed by atoms with Crippen molar-refractivity contribution in [3.8, 4) is 16.9 Å². The third-order valence-electron chi connectivity index (χ3n) is 5.27. The van der Waals surface area contributed by atoms with Crippen molar-refractivity contribution in [2.75, 3.05) is 11.5 Å². The first-order chi connectivity index (χ1) is 15.6. The number of rotatable bonds is 4. The number of carbonyl (C=O) groups is 2. The summed E-state index contributed by atoms with van der Waals surface area (Å²) in [5.41, 5.74) is 4.79. The highest BCUT2D eigenvalue weighted by molar-refractivity contribution is 8.26. The van der Waals surface area contributed by atoms with Crippen molar-refractivity contribution in [1.82, 2.24) is 5.32 Å². The highest BCUT2D eigenvalue weighted by Gasteiger charge is 2.27. The molecule has 2 amide bonds. The van der Waals surface area contributed by atoms with E-state index in [2.05, 4.69) is 29.6 Å². The van der Waals surface area contributed by atoms with Crippen molar-refractivity contribution in [2.45, 2.75) is 6.54 Å². The second-order valence-corrected chi connectivity index (χ2v) is 9.13. The lowest BCUT2D eigenvalue weighted by Gasteiger charge is -2.30. The highest BCUT2D eigenvalue weighted by atomic mass is 32.2. The van der Waals surface area contributed by atoms with Crippen LogP contribution < -0.4 is 15.0 Å². The molecule has 32 heavy (non-hydrogen) atoms. The van der Waals surface area contributed by atoms with Crippen molar-refractivity contribution in [3.05, 3.63) is 88.8 Å². The standard InChI is InChI=1S/C25H18N2O3S2/c28-23-15-30-21-11-8-17(13-22-24(29)26-25(31)32-22)12-20(21)27(23)14-16-6-9-19(10-7-16)18-4-2-1-3-5-18/h1-13H,14-15H2,(H,26,29,31)/b22-13+. The number of hydrogen-bond donors (Lipinski definition) is 1. The SMILES string of the molecule is O=C1NC(=S)S/C1=C/c1ccc2c(c1)N(Cc1ccc(-c3ccccc3)cc1)C(=O)CO2. The van der Waals surface area contributed by atoms with Gasteiger partial charge in [0.25, 0.3) is 11.8 Å². The Bertz CT molecular complexity index is 1250. The molecule has 1 saturated heterocycles. The van der Waals surface area contributed by atoms with Crippen LogP contribution in [0.5, 0.6) is 5.75 Å². The van der Waals surface area contributed by atoms with E-state index >= 15 is 0 Å². The number of amides is 2. The maximum Gasteiger partial charge on any atom is 0.265 e. The van der Waals surface area contributed by atoms with Crippen LogP contribution in [0.4, 0.5) is 5.69 Å². The van der Waals surface area contributed by atoms with Gasteiger partial charge in [-0.15, -0.1) is 0 Å². The Balaban J connectivity index is 1.42. The molecule has 0 radical (unpaired) electrons. The number of benzene rings is 3. The summed E-state index contributed by atoms with van der Waals surface area (Å²) in [5.74, 6) is 0.329. The average Bonchev–Trinajstić information content (AvgIpc) is 3.13. The second kappa shape index (κ2) is 8.61. The van der Waals surface area contributed by atoms with Crippen LogP contribution in [0.2, 0.25) is 0 Å². The first kappa shape index (κ1) is 20.5. The summed E-state index contributed by atoms with van der Waals surface area (Å²) in [6, 6.07) is 23.9. The van der Waals surface area contributed by atoms with Gasteiger partial charge in [-0.25, -0.2) is 0 Å². The number of carbonyl (C=O) groups excluding carboxylic acids is 2. The zero-order valence-electron chi connectivity index (χ0n) is 16.9. The van der Waals surface area contributed by atoms with Gasteiger partial charge in [-0.05, 0) is 40.5 Å². The minimum Gasteiger partial charge on any atom is -0.482 e. The van der Waals surface area contributed by atoms with Crippen LogP contribution in [0, 0.1) is 0 Å². The first-order valence-electron chi connectivity index (χ1n) is 10.0. The Morgan fingerprint density at radius 1 is 1.00 bits per heavy atom. The number of hydrogen-bond acceptors (Lipinski definition) is 5. The number of nitrogens with zero attached hydrogens (tertiary/aromatic N) is 1. The smallest absolute Gasteiger partial charge is 0.265 e. The molecule has 5 rings (SSSR count). The van der Waals surface area contributed by atoms with E-state index in [1.165, 1.54) is 11.8 Å². The molecule has 3 aromatic carbocycles. The summed E-state index contributed by atoms with van der Waals surface area (Å²) in [4.78, 5) is 26.9. The second-order valence-electron chi connectivity index (χ2n) is 7.41. The van der Waals surface area contributed by atoms with Crippen LogP contribution in [0.15, 0.2) is 77.7 Å². The summed E-state index contributed by atoms with van der Waals surface area (Å²) in [7, 11) is 0. The fourth-order valence-electron chi connectivity index (χ4n) is 3.67. The molecule has 3 aromatic rings. The molecule has 1 N–H and O–H groups in total.